The summed E-state index contributed by atoms with van der Waals surface area (Å²) in [4.78, 5) is 13.4. The number of carbonyl (C=O) groups excluding carboxylic acids is 1. The molecule has 1 aromatic rings. The maximum Gasteiger partial charge on any atom is 0.300 e. The minimum Gasteiger partial charge on any atom is -0.456 e. The summed E-state index contributed by atoms with van der Waals surface area (Å²) in [5.41, 5.74) is 3.02. The highest BCUT2D eigenvalue weighted by Crippen LogP contribution is 2.16. The largest absolute Gasteiger partial charge is 0.456 e. The molecule has 6 heteroatoms. The molecule has 3 N–H and O–H groups in total. The van der Waals surface area contributed by atoms with Gasteiger partial charge in [-0.25, -0.2) is 5.84 Å². The van der Waals surface area contributed by atoms with Gasteiger partial charge >= 0.3 is 5.91 Å². The van der Waals surface area contributed by atoms with Gasteiger partial charge in [0.25, 0.3) is 0 Å². The fraction of sp³-hybridized carbons (Fsp3) is 0.545. The predicted molar refractivity (Wildman–Crippen MR) is 63.3 cm³/mol. The molecule has 0 saturated heterocycles. The molecule has 0 unspecified atom stereocenters. The lowest BCUT2D eigenvalue weighted by Crippen LogP contribution is -2.29. The Balaban J connectivity index is 2.65. The summed E-state index contributed by atoms with van der Waals surface area (Å²) >= 11 is 0. The van der Waals surface area contributed by atoms with Crippen molar-refractivity contribution in [2.75, 3.05) is 27.3 Å². The zero-order chi connectivity index (χ0) is 12.8. The molecule has 1 aromatic heterocycles. The van der Waals surface area contributed by atoms with Crippen LogP contribution in [0.1, 0.15) is 21.9 Å². The quantitative estimate of drug-likeness (QED) is 0.424. The van der Waals surface area contributed by atoms with Gasteiger partial charge in [0, 0.05) is 25.8 Å². The first-order valence-electron chi connectivity index (χ1n) is 5.36. The van der Waals surface area contributed by atoms with E-state index in [4.69, 9.17) is 15.0 Å². The first-order chi connectivity index (χ1) is 8.08. The Kier molecular flexibility index (Phi) is 5.14. The number of ether oxygens (including phenoxy) is 1. The average Bonchev–Trinajstić information content (AvgIpc) is 2.67. The normalized spacial score (nSPS) is 10.9. The number of aryl methyl sites for hydroxylation is 1. The first-order valence-corrected chi connectivity index (χ1v) is 5.36. The Hall–Kier alpha value is -1.37. The maximum atomic E-state index is 11.3. The molecule has 0 atom stereocenters. The molecule has 0 radical (unpaired) electrons. The van der Waals surface area contributed by atoms with Crippen molar-refractivity contribution < 1.29 is 13.9 Å². The summed E-state index contributed by atoms with van der Waals surface area (Å²) in [5.74, 6) is 5.59. The lowest BCUT2D eigenvalue weighted by molar-refractivity contribution is 0.0924. The molecule has 1 heterocycles. The number of likely N-dealkylation sites (N-methyl/N-ethyl adjacent to an activating group) is 1. The van der Waals surface area contributed by atoms with Crippen molar-refractivity contribution in [3.63, 3.8) is 0 Å². The van der Waals surface area contributed by atoms with Crippen LogP contribution in [-0.2, 0) is 11.3 Å². The molecule has 0 saturated carbocycles. The van der Waals surface area contributed by atoms with E-state index in [9.17, 15) is 4.79 Å². The number of nitrogen functional groups attached to an aromatic ring is 1. The number of hydrazine groups is 1. The van der Waals surface area contributed by atoms with Crippen LogP contribution < -0.4 is 11.3 Å². The summed E-state index contributed by atoms with van der Waals surface area (Å²) in [6.07, 6.45) is 0. The zero-order valence-electron chi connectivity index (χ0n) is 10.4. The Bertz CT molecular complexity index is 376. The number of amides is 1. The minimum absolute atomic E-state index is 0.236. The fourth-order valence-electron chi connectivity index (χ4n) is 1.48. The lowest BCUT2D eigenvalue weighted by Gasteiger charge is -2.14. The molecule has 0 bridgehead atoms. The Morgan fingerprint density at radius 2 is 2.35 bits per heavy atom. The van der Waals surface area contributed by atoms with Crippen LogP contribution in [0.4, 0.5) is 0 Å². The SMILES string of the molecule is COCCN(C)Cc1cc(C(=O)NN)oc1C. The molecule has 96 valence electrons. The molecular weight excluding hydrogens is 222 g/mol. The molecule has 17 heavy (non-hydrogen) atoms. The lowest BCUT2D eigenvalue weighted by atomic mass is 10.2. The molecule has 0 aliphatic heterocycles. The summed E-state index contributed by atoms with van der Waals surface area (Å²) < 4.78 is 10.3. The van der Waals surface area contributed by atoms with E-state index in [0.717, 1.165) is 17.9 Å². The number of hydrogen-bond acceptors (Lipinski definition) is 5. The van der Waals surface area contributed by atoms with E-state index < -0.39 is 5.91 Å². The van der Waals surface area contributed by atoms with Gasteiger partial charge in [0.2, 0.25) is 0 Å². The summed E-state index contributed by atoms with van der Waals surface area (Å²) in [5, 5.41) is 0. The van der Waals surface area contributed by atoms with Gasteiger partial charge in [-0.05, 0) is 20.0 Å². The maximum absolute atomic E-state index is 11.3. The van der Waals surface area contributed by atoms with Crippen molar-refractivity contribution in [3.8, 4) is 0 Å². The fourth-order valence-corrected chi connectivity index (χ4v) is 1.48. The number of methoxy groups -OCH3 is 1. The topological polar surface area (TPSA) is 80.7 Å². The van der Waals surface area contributed by atoms with E-state index in [0.29, 0.717) is 13.2 Å². The van der Waals surface area contributed by atoms with E-state index in [-0.39, 0.29) is 5.76 Å². The minimum atomic E-state index is -0.418. The second kappa shape index (κ2) is 6.39. The van der Waals surface area contributed by atoms with Crippen molar-refractivity contribution in [2.24, 2.45) is 5.84 Å². The number of hydrogen-bond donors (Lipinski definition) is 2. The van der Waals surface area contributed by atoms with Gasteiger partial charge < -0.3 is 9.15 Å². The van der Waals surface area contributed by atoms with Gasteiger partial charge in [0.05, 0.1) is 6.61 Å². The van der Waals surface area contributed by atoms with Crippen molar-refractivity contribution >= 4 is 5.91 Å². The molecule has 0 aromatic carbocycles. The van der Waals surface area contributed by atoms with Gasteiger partial charge in [-0.15, -0.1) is 0 Å². The first kappa shape index (κ1) is 13.7. The second-order valence-corrected chi connectivity index (χ2v) is 3.90. The highest BCUT2D eigenvalue weighted by Gasteiger charge is 2.14. The highest BCUT2D eigenvalue weighted by atomic mass is 16.5. The third-order valence-electron chi connectivity index (χ3n) is 2.49. The van der Waals surface area contributed by atoms with E-state index in [1.165, 1.54) is 0 Å². The Labute approximate surface area is 101 Å². The summed E-state index contributed by atoms with van der Waals surface area (Å²) in [6, 6.07) is 1.71. The van der Waals surface area contributed by atoms with Crippen LogP contribution in [0.25, 0.3) is 0 Å². The van der Waals surface area contributed by atoms with Crippen molar-refractivity contribution in [3.05, 3.63) is 23.2 Å². The van der Waals surface area contributed by atoms with Gasteiger partial charge in [-0.2, -0.15) is 0 Å². The van der Waals surface area contributed by atoms with Crippen molar-refractivity contribution in [1.29, 1.82) is 0 Å². The van der Waals surface area contributed by atoms with Gasteiger partial charge in [-0.1, -0.05) is 0 Å². The predicted octanol–water partition coefficient (Wildman–Crippen LogP) is 0.270. The number of furan rings is 1. The number of carbonyl (C=O) groups is 1. The highest BCUT2D eigenvalue weighted by molar-refractivity contribution is 5.91. The van der Waals surface area contributed by atoms with Crippen molar-refractivity contribution in [2.45, 2.75) is 13.5 Å². The molecule has 0 aliphatic carbocycles. The number of rotatable bonds is 6. The number of nitrogens with one attached hydrogen (secondary N) is 1. The zero-order valence-corrected chi connectivity index (χ0v) is 10.4. The average molecular weight is 241 g/mol. The Morgan fingerprint density at radius 1 is 1.65 bits per heavy atom. The third-order valence-corrected chi connectivity index (χ3v) is 2.49. The van der Waals surface area contributed by atoms with Gasteiger partial charge in [-0.3, -0.25) is 15.1 Å². The van der Waals surface area contributed by atoms with Crippen LogP contribution in [0, 0.1) is 6.92 Å². The van der Waals surface area contributed by atoms with Crippen LogP contribution in [0.15, 0.2) is 10.5 Å². The van der Waals surface area contributed by atoms with Crippen LogP contribution in [0.2, 0.25) is 0 Å². The van der Waals surface area contributed by atoms with E-state index in [1.54, 1.807) is 13.2 Å². The monoisotopic (exact) mass is 241 g/mol. The van der Waals surface area contributed by atoms with E-state index in [2.05, 4.69) is 4.90 Å². The van der Waals surface area contributed by atoms with Gasteiger partial charge in [0.15, 0.2) is 5.76 Å². The number of nitrogens with zero attached hydrogens (tertiary/aromatic N) is 1. The van der Waals surface area contributed by atoms with Crippen LogP contribution in [0.3, 0.4) is 0 Å². The summed E-state index contributed by atoms with van der Waals surface area (Å²) in [6.45, 7) is 4.02. The van der Waals surface area contributed by atoms with Crippen LogP contribution in [-0.4, -0.2) is 38.1 Å². The molecular formula is C11H19N3O3. The van der Waals surface area contributed by atoms with Gasteiger partial charge in [0.1, 0.15) is 5.76 Å². The van der Waals surface area contributed by atoms with E-state index >= 15 is 0 Å². The second-order valence-electron chi connectivity index (χ2n) is 3.90. The smallest absolute Gasteiger partial charge is 0.300 e. The number of nitrogens with two attached hydrogens (primary N) is 1. The molecule has 1 rings (SSSR count). The molecule has 0 spiro atoms. The third kappa shape index (κ3) is 3.85. The molecule has 0 aliphatic rings. The van der Waals surface area contributed by atoms with Crippen LogP contribution >= 0.6 is 0 Å². The Morgan fingerprint density at radius 3 is 2.94 bits per heavy atom. The van der Waals surface area contributed by atoms with E-state index in [1.807, 2.05) is 19.4 Å². The standard InChI is InChI=1S/C11H19N3O3/c1-8-9(7-14(2)4-5-16-3)6-10(17-8)11(15)13-12/h6H,4-5,7,12H2,1-3H3,(H,13,15). The molecule has 6 nitrogen and oxygen atoms in total. The van der Waals surface area contributed by atoms with Crippen molar-refractivity contribution in [1.82, 2.24) is 10.3 Å². The van der Waals surface area contributed by atoms with Crippen LogP contribution in [0.5, 0.6) is 0 Å². The summed E-state index contributed by atoms with van der Waals surface area (Å²) in [7, 11) is 3.65. The molecule has 0 fully saturated rings. The molecule has 1 amide bonds.